The van der Waals surface area contributed by atoms with Crippen LogP contribution in [-0.4, -0.2) is 56.3 Å². The maximum absolute atomic E-state index is 14.6. The molecule has 24 heavy (non-hydrogen) atoms. The number of ether oxygens (including phenoxy) is 1. The Morgan fingerprint density at radius 2 is 2.21 bits per heavy atom. The van der Waals surface area contributed by atoms with Gasteiger partial charge in [0.2, 0.25) is 0 Å². The fourth-order valence-electron chi connectivity index (χ4n) is 2.88. The van der Waals surface area contributed by atoms with E-state index in [4.69, 9.17) is 4.74 Å². The number of likely N-dealkylation sites (N-methyl/N-ethyl adjacent to an activating group) is 1. The smallest absolute Gasteiger partial charge is 0.415 e. The lowest BCUT2D eigenvalue weighted by Gasteiger charge is -2.24. The zero-order chi connectivity index (χ0) is 17.1. The summed E-state index contributed by atoms with van der Waals surface area (Å²) in [6.07, 6.45) is -0.479. The summed E-state index contributed by atoms with van der Waals surface area (Å²) >= 11 is 1.88. The molecule has 2 fully saturated rings. The third-order valence-electron chi connectivity index (χ3n) is 4.16. The number of carbonyl (C=O) groups excluding carboxylic acids is 2. The van der Waals surface area contributed by atoms with E-state index >= 15 is 0 Å². The Hall–Kier alpha value is -1.96. The van der Waals surface area contributed by atoms with Crippen molar-refractivity contribution in [3.8, 4) is 0 Å². The molecular formula is C16H20FN3O3S. The van der Waals surface area contributed by atoms with Crippen molar-refractivity contribution in [2.45, 2.75) is 12.5 Å². The highest BCUT2D eigenvalue weighted by atomic mass is 32.2. The molecule has 1 unspecified atom stereocenters. The van der Waals surface area contributed by atoms with E-state index in [0.717, 1.165) is 31.0 Å². The first kappa shape index (κ1) is 16.9. The average molecular weight is 353 g/mol. The minimum absolute atomic E-state index is 0.0810. The van der Waals surface area contributed by atoms with E-state index in [1.807, 2.05) is 16.7 Å². The molecule has 2 saturated heterocycles. The van der Waals surface area contributed by atoms with E-state index < -0.39 is 12.2 Å². The molecule has 1 aromatic rings. The van der Waals surface area contributed by atoms with Crippen molar-refractivity contribution >= 4 is 35.1 Å². The molecule has 130 valence electrons. The van der Waals surface area contributed by atoms with Crippen LogP contribution in [0.1, 0.15) is 6.42 Å². The molecule has 8 heteroatoms. The summed E-state index contributed by atoms with van der Waals surface area (Å²) in [5.41, 5.74) is 0.952. The fraction of sp³-hybridized carbons (Fsp3) is 0.500. The number of amides is 2. The largest absolute Gasteiger partial charge is 0.434 e. The molecule has 1 atom stereocenters. The van der Waals surface area contributed by atoms with E-state index in [0.29, 0.717) is 11.4 Å². The summed E-state index contributed by atoms with van der Waals surface area (Å²) in [4.78, 5) is 26.9. The van der Waals surface area contributed by atoms with E-state index in [-0.39, 0.29) is 18.3 Å². The molecule has 3 rings (SSSR count). The Bertz CT molecular complexity index is 635. The lowest BCUT2D eigenvalue weighted by molar-refractivity contribution is -0.127. The first-order valence-electron chi connectivity index (χ1n) is 7.92. The van der Waals surface area contributed by atoms with Crippen molar-refractivity contribution in [1.29, 1.82) is 0 Å². The van der Waals surface area contributed by atoms with E-state index in [9.17, 15) is 14.0 Å². The van der Waals surface area contributed by atoms with Crippen molar-refractivity contribution in [1.82, 2.24) is 5.32 Å². The van der Waals surface area contributed by atoms with Gasteiger partial charge in [-0.05, 0) is 30.4 Å². The molecule has 2 heterocycles. The number of nitrogens with one attached hydrogen (secondary N) is 1. The lowest BCUT2D eigenvalue weighted by atomic mass is 10.2. The van der Waals surface area contributed by atoms with Gasteiger partial charge in [-0.15, -0.1) is 0 Å². The molecule has 2 aliphatic heterocycles. The molecule has 2 amide bonds. The highest BCUT2D eigenvalue weighted by Crippen LogP contribution is 2.29. The number of rotatable bonds is 3. The van der Waals surface area contributed by atoms with Crippen LogP contribution in [0.3, 0.4) is 0 Å². The molecule has 0 aliphatic carbocycles. The number of thioether (sulfide) groups is 1. The van der Waals surface area contributed by atoms with Gasteiger partial charge in [0.15, 0.2) is 6.10 Å². The van der Waals surface area contributed by atoms with Crippen LogP contribution in [0, 0.1) is 5.82 Å². The quantitative estimate of drug-likeness (QED) is 0.898. The molecule has 1 aromatic carbocycles. The predicted octanol–water partition coefficient (Wildman–Crippen LogP) is 1.84. The second kappa shape index (κ2) is 7.29. The summed E-state index contributed by atoms with van der Waals surface area (Å²) in [5, 5.41) is 2.44. The van der Waals surface area contributed by atoms with E-state index in [1.54, 1.807) is 12.1 Å². The van der Waals surface area contributed by atoms with Crippen LogP contribution in [-0.2, 0) is 9.53 Å². The van der Waals surface area contributed by atoms with Crippen molar-refractivity contribution < 1.29 is 18.7 Å². The number of hydrogen-bond acceptors (Lipinski definition) is 5. The highest BCUT2D eigenvalue weighted by molar-refractivity contribution is 7.99. The molecular weight excluding hydrogens is 333 g/mol. The SMILES string of the molecule is CNC(=O)C1CN(c2ccc(N3CCCSCC3)c(F)c2)C(=O)O1. The summed E-state index contributed by atoms with van der Waals surface area (Å²) < 4.78 is 19.6. The van der Waals surface area contributed by atoms with Gasteiger partial charge in [-0.2, -0.15) is 11.8 Å². The second-order valence-corrected chi connectivity index (χ2v) is 6.91. The minimum atomic E-state index is -0.868. The van der Waals surface area contributed by atoms with Crippen LogP contribution in [0.2, 0.25) is 0 Å². The first-order valence-corrected chi connectivity index (χ1v) is 9.07. The Balaban J connectivity index is 1.77. The van der Waals surface area contributed by atoms with Crippen molar-refractivity contribution in [3.05, 3.63) is 24.0 Å². The Morgan fingerprint density at radius 1 is 1.38 bits per heavy atom. The van der Waals surface area contributed by atoms with E-state index in [1.165, 1.54) is 18.0 Å². The zero-order valence-electron chi connectivity index (χ0n) is 13.5. The van der Waals surface area contributed by atoms with Gasteiger partial charge in [-0.25, -0.2) is 9.18 Å². The summed E-state index contributed by atoms with van der Waals surface area (Å²) in [7, 11) is 1.48. The number of hydrogen-bond donors (Lipinski definition) is 1. The molecule has 0 radical (unpaired) electrons. The van der Waals surface area contributed by atoms with Gasteiger partial charge in [0, 0.05) is 25.9 Å². The number of anilines is 2. The van der Waals surface area contributed by atoms with Crippen LogP contribution < -0.4 is 15.1 Å². The highest BCUT2D eigenvalue weighted by Gasteiger charge is 2.36. The second-order valence-electron chi connectivity index (χ2n) is 5.69. The fourth-order valence-corrected chi connectivity index (χ4v) is 3.77. The third kappa shape index (κ3) is 3.43. The minimum Gasteiger partial charge on any atom is -0.434 e. The number of benzene rings is 1. The van der Waals surface area contributed by atoms with Gasteiger partial charge in [-0.3, -0.25) is 9.69 Å². The number of cyclic esters (lactones) is 1. The molecule has 0 bridgehead atoms. The number of nitrogens with zero attached hydrogens (tertiary/aromatic N) is 2. The number of carbonyl (C=O) groups is 2. The van der Waals surface area contributed by atoms with Crippen LogP contribution >= 0.6 is 11.8 Å². The van der Waals surface area contributed by atoms with Gasteiger partial charge in [0.25, 0.3) is 5.91 Å². The Morgan fingerprint density at radius 3 is 2.96 bits per heavy atom. The first-order chi connectivity index (χ1) is 11.6. The van der Waals surface area contributed by atoms with Crippen molar-refractivity contribution in [3.63, 3.8) is 0 Å². The van der Waals surface area contributed by atoms with Crippen LogP contribution in [0.5, 0.6) is 0 Å². The van der Waals surface area contributed by atoms with Crippen LogP contribution in [0.4, 0.5) is 20.6 Å². The standard InChI is InChI=1S/C16H20FN3O3S/c1-18-15(21)14-10-20(16(22)23-14)11-3-4-13(12(17)9-11)19-5-2-7-24-8-6-19/h3-4,9,14H,2,5-8,10H2,1H3,(H,18,21). The van der Waals surface area contributed by atoms with Gasteiger partial charge < -0.3 is 15.0 Å². The van der Waals surface area contributed by atoms with Gasteiger partial charge >= 0.3 is 6.09 Å². The molecule has 0 saturated carbocycles. The summed E-state index contributed by atoms with van der Waals surface area (Å²) in [6.45, 7) is 1.72. The lowest BCUT2D eigenvalue weighted by Crippen LogP contribution is -2.35. The monoisotopic (exact) mass is 353 g/mol. The van der Waals surface area contributed by atoms with Gasteiger partial charge in [-0.1, -0.05) is 0 Å². The van der Waals surface area contributed by atoms with E-state index in [2.05, 4.69) is 5.32 Å². The van der Waals surface area contributed by atoms with Crippen molar-refractivity contribution in [2.24, 2.45) is 0 Å². The third-order valence-corrected chi connectivity index (χ3v) is 5.21. The average Bonchev–Trinajstić information content (AvgIpc) is 2.79. The topological polar surface area (TPSA) is 61.9 Å². The molecule has 0 spiro atoms. The molecule has 2 aliphatic rings. The summed E-state index contributed by atoms with van der Waals surface area (Å²) in [5.74, 6) is 1.34. The molecule has 6 nitrogen and oxygen atoms in total. The molecule has 0 aromatic heterocycles. The van der Waals surface area contributed by atoms with Gasteiger partial charge in [0.1, 0.15) is 5.82 Å². The van der Waals surface area contributed by atoms with Crippen LogP contribution in [0.15, 0.2) is 18.2 Å². The predicted molar refractivity (Wildman–Crippen MR) is 92.2 cm³/mol. The van der Waals surface area contributed by atoms with Gasteiger partial charge in [0.05, 0.1) is 17.9 Å². The zero-order valence-corrected chi connectivity index (χ0v) is 14.3. The Kier molecular flexibility index (Phi) is 5.13. The summed E-state index contributed by atoms with van der Waals surface area (Å²) in [6, 6.07) is 4.73. The normalized spacial score (nSPS) is 21.4. The van der Waals surface area contributed by atoms with Crippen molar-refractivity contribution in [2.75, 3.05) is 48.0 Å². The maximum Gasteiger partial charge on any atom is 0.415 e. The Labute approximate surface area is 144 Å². The number of halogens is 1. The maximum atomic E-state index is 14.6. The molecule has 1 N–H and O–H groups in total. The van der Waals surface area contributed by atoms with Crippen LogP contribution in [0.25, 0.3) is 0 Å².